The number of nitrogens with zero attached hydrogens (tertiary/aromatic N) is 2. The number of aromatic nitrogens is 2. The molecule has 1 aromatic heterocycles. The van der Waals surface area contributed by atoms with E-state index in [0.29, 0.717) is 0 Å². The molecule has 0 atom stereocenters. The van der Waals surface area contributed by atoms with E-state index in [9.17, 15) is 9.59 Å². The zero-order valence-electron chi connectivity index (χ0n) is 8.56. The van der Waals surface area contributed by atoms with Crippen molar-refractivity contribution in [1.29, 1.82) is 0 Å². The minimum Gasteiger partial charge on any atom is -0.391 e. The predicted octanol–water partition coefficient (Wildman–Crippen LogP) is -0.620. The Bertz CT molecular complexity index is 498. The lowest BCUT2D eigenvalue weighted by Gasteiger charge is -2.12. The van der Waals surface area contributed by atoms with Crippen molar-refractivity contribution >= 4 is 11.5 Å². The van der Waals surface area contributed by atoms with Gasteiger partial charge in [-0.1, -0.05) is 6.08 Å². The van der Waals surface area contributed by atoms with Gasteiger partial charge < -0.3 is 11.5 Å². The van der Waals surface area contributed by atoms with E-state index in [-0.39, 0.29) is 24.6 Å². The van der Waals surface area contributed by atoms with Crippen LogP contribution in [0.2, 0.25) is 0 Å². The summed E-state index contributed by atoms with van der Waals surface area (Å²) in [5.41, 5.74) is 9.97. The molecule has 0 radical (unpaired) electrons. The summed E-state index contributed by atoms with van der Waals surface area (Å²) in [5.74, 6) is -0.00500. The topological polar surface area (TPSA) is 96.0 Å². The van der Waals surface area contributed by atoms with Gasteiger partial charge in [-0.2, -0.15) is 0 Å². The highest BCUT2D eigenvalue weighted by Gasteiger charge is 2.12. The van der Waals surface area contributed by atoms with E-state index < -0.39 is 11.2 Å². The molecule has 0 spiro atoms. The Kier molecular flexibility index (Phi) is 2.99. The lowest BCUT2D eigenvalue weighted by atomic mass is 10.4. The Labute approximate surface area is 86.4 Å². The van der Waals surface area contributed by atoms with Crippen molar-refractivity contribution in [3.63, 3.8) is 0 Å². The molecule has 6 nitrogen and oxygen atoms in total. The Morgan fingerprint density at radius 2 is 1.93 bits per heavy atom. The van der Waals surface area contributed by atoms with Crippen LogP contribution < -0.4 is 22.7 Å². The Hall–Kier alpha value is -1.98. The van der Waals surface area contributed by atoms with Gasteiger partial charge in [0.15, 0.2) is 0 Å². The summed E-state index contributed by atoms with van der Waals surface area (Å²) >= 11 is 0. The molecule has 1 rings (SSSR count). The van der Waals surface area contributed by atoms with E-state index in [0.717, 1.165) is 4.57 Å². The largest absolute Gasteiger partial charge is 0.391 e. The first-order valence-electron chi connectivity index (χ1n) is 4.54. The number of anilines is 2. The van der Waals surface area contributed by atoms with Crippen molar-refractivity contribution in [1.82, 2.24) is 9.13 Å². The standard InChI is InChI=1S/C9H14N4O2/c1-3-5-13-7(11)6(10)8(14)12(4-2)9(13)15/h3H,1,4-5,10-11H2,2H3. The van der Waals surface area contributed by atoms with Gasteiger partial charge in [0.1, 0.15) is 11.5 Å². The van der Waals surface area contributed by atoms with Gasteiger partial charge in [-0.15, -0.1) is 6.58 Å². The van der Waals surface area contributed by atoms with Crippen LogP contribution >= 0.6 is 0 Å². The highest BCUT2D eigenvalue weighted by molar-refractivity contribution is 5.56. The molecule has 0 aromatic carbocycles. The minimum atomic E-state index is -0.541. The molecule has 6 heteroatoms. The van der Waals surface area contributed by atoms with Gasteiger partial charge in [-0.25, -0.2) is 4.79 Å². The van der Waals surface area contributed by atoms with Gasteiger partial charge in [0.2, 0.25) is 0 Å². The van der Waals surface area contributed by atoms with Gasteiger partial charge in [0.25, 0.3) is 5.56 Å². The second-order valence-electron chi connectivity index (χ2n) is 3.03. The third-order valence-electron chi connectivity index (χ3n) is 2.13. The van der Waals surface area contributed by atoms with Gasteiger partial charge in [-0.05, 0) is 6.92 Å². The molecule has 15 heavy (non-hydrogen) atoms. The monoisotopic (exact) mass is 210 g/mol. The van der Waals surface area contributed by atoms with Crippen molar-refractivity contribution in [3.05, 3.63) is 33.5 Å². The number of nitrogen functional groups attached to an aromatic ring is 2. The Morgan fingerprint density at radius 3 is 2.40 bits per heavy atom. The first-order chi connectivity index (χ1) is 7.04. The van der Waals surface area contributed by atoms with Crippen LogP contribution in [0, 0.1) is 0 Å². The number of rotatable bonds is 3. The maximum Gasteiger partial charge on any atom is 0.332 e. The summed E-state index contributed by atoms with van der Waals surface area (Å²) in [6, 6.07) is 0. The van der Waals surface area contributed by atoms with Crippen LogP contribution in [0.1, 0.15) is 6.92 Å². The number of allylic oxidation sites excluding steroid dienone is 1. The second kappa shape index (κ2) is 4.04. The van der Waals surface area contributed by atoms with Crippen LogP contribution in [0.4, 0.5) is 11.5 Å². The Morgan fingerprint density at radius 1 is 1.33 bits per heavy atom. The third kappa shape index (κ3) is 1.65. The zero-order valence-corrected chi connectivity index (χ0v) is 8.56. The van der Waals surface area contributed by atoms with Crippen molar-refractivity contribution in [2.24, 2.45) is 0 Å². The molecular formula is C9H14N4O2. The fourth-order valence-electron chi connectivity index (χ4n) is 1.32. The van der Waals surface area contributed by atoms with Crippen LogP contribution in [-0.2, 0) is 13.1 Å². The molecule has 0 amide bonds. The van der Waals surface area contributed by atoms with Crippen molar-refractivity contribution in [3.8, 4) is 0 Å². The third-order valence-corrected chi connectivity index (χ3v) is 2.13. The van der Waals surface area contributed by atoms with Gasteiger partial charge in [0, 0.05) is 13.1 Å². The number of hydrogen-bond donors (Lipinski definition) is 2. The van der Waals surface area contributed by atoms with E-state index in [1.165, 1.54) is 10.6 Å². The first-order valence-corrected chi connectivity index (χ1v) is 4.54. The molecule has 0 saturated heterocycles. The summed E-state index contributed by atoms with van der Waals surface area (Å²) in [7, 11) is 0. The summed E-state index contributed by atoms with van der Waals surface area (Å²) in [6.45, 7) is 5.69. The number of nitrogens with two attached hydrogens (primary N) is 2. The maximum absolute atomic E-state index is 11.7. The minimum absolute atomic E-state index is 0.00500. The van der Waals surface area contributed by atoms with Gasteiger partial charge in [0.05, 0.1) is 0 Å². The Balaban J connectivity index is 3.68. The molecule has 0 saturated carbocycles. The van der Waals surface area contributed by atoms with Crippen LogP contribution in [0.15, 0.2) is 22.2 Å². The van der Waals surface area contributed by atoms with Crippen LogP contribution in [0.25, 0.3) is 0 Å². The molecule has 0 aliphatic rings. The molecule has 4 N–H and O–H groups in total. The van der Waals surface area contributed by atoms with Gasteiger partial charge >= 0.3 is 5.69 Å². The van der Waals surface area contributed by atoms with Crippen LogP contribution in [0.5, 0.6) is 0 Å². The highest BCUT2D eigenvalue weighted by Crippen LogP contribution is 2.05. The molecule has 0 fully saturated rings. The maximum atomic E-state index is 11.7. The van der Waals surface area contributed by atoms with E-state index in [1.54, 1.807) is 6.92 Å². The molecule has 1 aromatic rings. The zero-order chi connectivity index (χ0) is 11.6. The molecule has 0 aliphatic heterocycles. The molecule has 0 unspecified atom stereocenters. The van der Waals surface area contributed by atoms with Gasteiger partial charge in [-0.3, -0.25) is 13.9 Å². The molecule has 0 aliphatic carbocycles. The molecule has 82 valence electrons. The van der Waals surface area contributed by atoms with E-state index in [2.05, 4.69) is 6.58 Å². The average Bonchev–Trinajstić information content (AvgIpc) is 2.22. The summed E-state index contributed by atoms with van der Waals surface area (Å²) in [6.07, 6.45) is 1.52. The van der Waals surface area contributed by atoms with Crippen LogP contribution in [-0.4, -0.2) is 9.13 Å². The summed E-state index contributed by atoms with van der Waals surface area (Å²) < 4.78 is 2.25. The van der Waals surface area contributed by atoms with E-state index in [4.69, 9.17) is 11.5 Å². The van der Waals surface area contributed by atoms with Crippen molar-refractivity contribution < 1.29 is 0 Å². The predicted molar refractivity (Wildman–Crippen MR) is 59.7 cm³/mol. The average molecular weight is 210 g/mol. The molecule has 0 bridgehead atoms. The van der Waals surface area contributed by atoms with Crippen molar-refractivity contribution in [2.45, 2.75) is 20.0 Å². The number of hydrogen-bond acceptors (Lipinski definition) is 4. The quantitative estimate of drug-likeness (QED) is 0.650. The smallest absolute Gasteiger partial charge is 0.332 e. The van der Waals surface area contributed by atoms with E-state index >= 15 is 0 Å². The van der Waals surface area contributed by atoms with Crippen molar-refractivity contribution in [2.75, 3.05) is 11.5 Å². The SMILES string of the molecule is C=CCn1c(N)c(N)c(=O)n(CC)c1=O. The summed E-state index contributed by atoms with van der Waals surface area (Å²) in [4.78, 5) is 23.2. The van der Waals surface area contributed by atoms with E-state index in [1.807, 2.05) is 0 Å². The summed E-state index contributed by atoms with van der Waals surface area (Å²) in [5, 5.41) is 0. The first kappa shape index (κ1) is 11.1. The lowest BCUT2D eigenvalue weighted by Crippen LogP contribution is -2.41. The fraction of sp³-hybridized carbons (Fsp3) is 0.333. The fourth-order valence-corrected chi connectivity index (χ4v) is 1.32. The highest BCUT2D eigenvalue weighted by atomic mass is 16.2. The van der Waals surface area contributed by atoms with Crippen LogP contribution in [0.3, 0.4) is 0 Å². The second-order valence-corrected chi connectivity index (χ2v) is 3.03. The molecular weight excluding hydrogens is 196 g/mol. The lowest BCUT2D eigenvalue weighted by molar-refractivity contribution is 0.612. The normalized spacial score (nSPS) is 10.2. The molecule has 1 heterocycles.